The summed E-state index contributed by atoms with van der Waals surface area (Å²) in [5, 5.41) is 0. The molecule has 2 aromatic rings. The first-order valence-corrected chi connectivity index (χ1v) is 12.7. The highest BCUT2D eigenvalue weighted by molar-refractivity contribution is 7.91. The lowest BCUT2D eigenvalue weighted by Gasteiger charge is -2.36. The van der Waals surface area contributed by atoms with E-state index in [1.54, 1.807) is 20.3 Å². The van der Waals surface area contributed by atoms with Gasteiger partial charge in [0.1, 0.15) is 4.21 Å². The minimum atomic E-state index is -3.55. The molecule has 1 aromatic carbocycles. The molecule has 31 heavy (non-hydrogen) atoms. The molecule has 2 aliphatic rings. The fourth-order valence-electron chi connectivity index (χ4n) is 4.37. The third kappa shape index (κ3) is 4.31. The molecule has 4 rings (SSSR count). The van der Waals surface area contributed by atoms with Crippen LogP contribution in [0, 0.1) is 12.8 Å². The molecule has 0 radical (unpaired) electrons. The number of benzene rings is 1. The number of rotatable bonds is 5. The van der Waals surface area contributed by atoms with Gasteiger partial charge in [-0.3, -0.25) is 4.79 Å². The lowest BCUT2D eigenvalue weighted by Crippen LogP contribution is -2.47. The van der Waals surface area contributed by atoms with Crippen molar-refractivity contribution in [2.45, 2.75) is 36.9 Å². The van der Waals surface area contributed by atoms with E-state index in [0.29, 0.717) is 48.2 Å². The van der Waals surface area contributed by atoms with Crippen molar-refractivity contribution in [1.82, 2.24) is 9.21 Å². The van der Waals surface area contributed by atoms with Crippen LogP contribution in [0.4, 0.5) is 0 Å². The second-order valence-corrected chi connectivity index (χ2v) is 11.5. The number of thiophene rings is 1. The molecule has 1 saturated heterocycles. The van der Waals surface area contributed by atoms with Crippen LogP contribution in [0.2, 0.25) is 0 Å². The molecule has 1 atom stereocenters. The van der Waals surface area contributed by atoms with Gasteiger partial charge in [0.15, 0.2) is 11.5 Å². The molecule has 0 N–H and O–H groups in total. The molecular formula is C22H28N2O5S2. The van der Waals surface area contributed by atoms with Crippen molar-refractivity contribution in [1.29, 1.82) is 0 Å². The number of piperidine rings is 1. The average molecular weight is 465 g/mol. The zero-order valence-electron chi connectivity index (χ0n) is 18.1. The van der Waals surface area contributed by atoms with Crippen LogP contribution in [-0.2, 0) is 27.8 Å². The molecule has 0 bridgehead atoms. The number of amides is 1. The third-order valence-electron chi connectivity index (χ3n) is 6.07. The molecule has 168 valence electrons. The minimum Gasteiger partial charge on any atom is -0.493 e. The number of aryl methyl sites for hydroxylation is 1. The molecule has 3 heterocycles. The molecule has 2 aliphatic heterocycles. The highest BCUT2D eigenvalue weighted by atomic mass is 32.2. The molecule has 0 saturated carbocycles. The lowest BCUT2D eigenvalue weighted by molar-refractivity contribution is -0.137. The molecular weight excluding hydrogens is 436 g/mol. The zero-order valence-corrected chi connectivity index (χ0v) is 19.7. The van der Waals surface area contributed by atoms with Crippen LogP contribution in [0.1, 0.15) is 28.8 Å². The van der Waals surface area contributed by atoms with E-state index in [4.69, 9.17) is 9.47 Å². The predicted molar refractivity (Wildman–Crippen MR) is 119 cm³/mol. The van der Waals surface area contributed by atoms with Gasteiger partial charge < -0.3 is 14.4 Å². The lowest BCUT2D eigenvalue weighted by atomic mass is 9.94. The van der Waals surface area contributed by atoms with Crippen LogP contribution < -0.4 is 9.47 Å². The second-order valence-electron chi connectivity index (χ2n) is 8.05. The standard InChI is InChI=1S/C22H28N2O5S2/c1-15-6-7-21(30-15)31(26,27)24-9-4-5-17(14-24)22(25)23-10-8-16-11-19(28-2)20(29-3)12-18(16)13-23/h6-7,11-12,17H,4-5,8-10,13-14H2,1-3H3/t17-/m0/s1. The number of hydrogen-bond acceptors (Lipinski definition) is 6. The SMILES string of the molecule is COc1cc2c(cc1OC)CN(C(=O)[C@H]1CCCN(S(=O)(=O)c3ccc(C)s3)C1)CC2. The summed E-state index contributed by atoms with van der Waals surface area (Å²) in [5.41, 5.74) is 2.20. The summed E-state index contributed by atoms with van der Waals surface area (Å²) in [5.74, 6) is 1.06. The first-order valence-electron chi connectivity index (χ1n) is 10.4. The number of ether oxygens (including phenoxy) is 2. The summed E-state index contributed by atoms with van der Waals surface area (Å²) in [4.78, 5) is 16.1. The van der Waals surface area contributed by atoms with Crippen LogP contribution >= 0.6 is 11.3 Å². The van der Waals surface area contributed by atoms with Crippen molar-refractivity contribution < 1.29 is 22.7 Å². The van der Waals surface area contributed by atoms with Crippen LogP contribution in [0.15, 0.2) is 28.5 Å². The van der Waals surface area contributed by atoms with E-state index < -0.39 is 10.0 Å². The van der Waals surface area contributed by atoms with Gasteiger partial charge in [0, 0.05) is 31.1 Å². The first kappa shape index (κ1) is 22.1. The Kier molecular flexibility index (Phi) is 6.27. The van der Waals surface area contributed by atoms with Gasteiger partial charge in [0.2, 0.25) is 5.91 Å². The number of hydrogen-bond donors (Lipinski definition) is 0. The molecule has 1 aromatic heterocycles. The summed E-state index contributed by atoms with van der Waals surface area (Å²) in [6.07, 6.45) is 2.14. The van der Waals surface area contributed by atoms with Gasteiger partial charge in [-0.1, -0.05) is 0 Å². The van der Waals surface area contributed by atoms with Crippen LogP contribution in [0.3, 0.4) is 0 Å². The summed E-state index contributed by atoms with van der Waals surface area (Å²) >= 11 is 1.28. The van der Waals surface area contributed by atoms with E-state index >= 15 is 0 Å². The Bertz CT molecular complexity index is 1080. The Morgan fingerprint density at radius 1 is 1.10 bits per heavy atom. The molecule has 9 heteroatoms. The Morgan fingerprint density at radius 3 is 2.45 bits per heavy atom. The Balaban J connectivity index is 1.49. The van der Waals surface area contributed by atoms with Crippen LogP contribution in [0.5, 0.6) is 11.5 Å². The van der Waals surface area contributed by atoms with Gasteiger partial charge in [0.05, 0.1) is 20.1 Å². The van der Waals surface area contributed by atoms with E-state index in [-0.39, 0.29) is 18.4 Å². The van der Waals surface area contributed by atoms with Gasteiger partial charge in [-0.2, -0.15) is 4.31 Å². The van der Waals surface area contributed by atoms with E-state index in [1.807, 2.05) is 30.0 Å². The predicted octanol–water partition coefficient (Wildman–Crippen LogP) is 3.06. The molecule has 0 spiro atoms. The Hall–Kier alpha value is -2.10. The van der Waals surface area contributed by atoms with E-state index in [9.17, 15) is 13.2 Å². The van der Waals surface area contributed by atoms with E-state index in [0.717, 1.165) is 22.4 Å². The van der Waals surface area contributed by atoms with Gasteiger partial charge in [0.25, 0.3) is 10.0 Å². The molecule has 7 nitrogen and oxygen atoms in total. The maximum atomic E-state index is 13.3. The number of carbonyl (C=O) groups excluding carboxylic acids is 1. The van der Waals surface area contributed by atoms with Gasteiger partial charge >= 0.3 is 0 Å². The maximum absolute atomic E-state index is 13.3. The molecule has 0 unspecified atom stereocenters. The molecule has 0 aliphatic carbocycles. The highest BCUT2D eigenvalue weighted by Gasteiger charge is 2.36. The summed E-state index contributed by atoms with van der Waals surface area (Å²) in [7, 11) is -0.339. The Labute approximate surface area is 187 Å². The number of sulfonamides is 1. The van der Waals surface area contributed by atoms with Crippen LogP contribution in [-0.4, -0.2) is 57.4 Å². The average Bonchev–Trinajstić information content (AvgIpc) is 3.24. The van der Waals surface area contributed by atoms with Crippen LogP contribution in [0.25, 0.3) is 0 Å². The van der Waals surface area contributed by atoms with Crippen molar-refractivity contribution in [3.63, 3.8) is 0 Å². The summed E-state index contributed by atoms with van der Waals surface area (Å²) in [6.45, 7) is 3.72. The fraction of sp³-hybridized carbons (Fsp3) is 0.500. The largest absolute Gasteiger partial charge is 0.493 e. The second kappa shape index (κ2) is 8.80. The van der Waals surface area contributed by atoms with Gasteiger partial charge in [-0.05, 0) is 61.6 Å². The number of fused-ring (bicyclic) bond motifs is 1. The quantitative estimate of drug-likeness (QED) is 0.680. The molecule has 1 fully saturated rings. The number of nitrogens with zero attached hydrogens (tertiary/aromatic N) is 2. The normalized spacial score (nSPS) is 19.7. The van der Waals surface area contributed by atoms with E-state index in [2.05, 4.69) is 0 Å². The fourth-order valence-corrected chi connectivity index (χ4v) is 7.33. The number of carbonyl (C=O) groups is 1. The smallest absolute Gasteiger partial charge is 0.252 e. The van der Waals surface area contributed by atoms with Crippen molar-refractivity contribution in [2.75, 3.05) is 33.9 Å². The summed E-state index contributed by atoms with van der Waals surface area (Å²) in [6, 6.07) is 7.39. The van der Waals surface area contributed by atoms with Gasteiger partial charge in [-0.15, -0.1) is 11.3 Å². The van der Waals surface area contributed by atoms with Crippen molar-refractivity contribution in [3.05, 3.63) is 40.3 Å². The monoisotopic (exact) mass is 464 g/mol. The van der Waals surface area contributed by atoms with Crippen molar-refractivity contribution in [3.8, 4) is 11.5 Å². The van der Waals surface area contributed by atoms with E-state index in [1.165, 1.54) is 15.6 Å². The third-order valence-corrected chi connectivity index (χ3v) is 9.41. The molecule has 1 amide bonds. The highest BCUT2D eigenvalue weighted by Crippen LogP contribution is 2.34. The summed E-state index contributed by atoms with van der Waals surface area (Å²) < 4.78 is 38.7. The number of methoxy groups -OCH3 is 2. The zero-order chi connectivity index (χ0) is 22.2. The van der Waals surface area contributed by atoms with Gasteiger partial charge in [-0.25, -0.2) is 8.42 Å². The first-order chi connectivity index (χ1) is 14.8. The topological polar surface area (TPSA) is 76.2 Å². The van der Waals surface area contributed by atoms with Crippen molar-refractivity contribution >= 4 is 27.3 Å². The minimum absolute atomic E-state index is 0.0303. The van der Waals surface area contributed by atoms with Crippen molar-refractivity contribution in [2.24, 2.45) is 5.92 Å². The Morgan fingerprint density at radius 2 is 1.81 bits per heavy atom. The maximum Gasteiger partial charge on any atom is 0.252 e.